The fraction of sp³-hybridized carbons (Fsp3) is 0.625. The highest BCUT2D eigenvalue weighted by Crippen LogP contribution is 2.25. The Balaban J connectivity index is 2.79. The van der Waals surface area contributed by atoms with Crippen molar-refractivity contribution in [3.8, 4) is 5.75 Å². The minimum Gasteiger partial charge on any atom is -0.490 e. The molecular formula is C16H26FNO. The molecule has 0 radical (unpaired) electrons. The quantitative estimate of drug-likeness (QED) is 0.774. The van der Waals surface area contributed by atoms with Gasteiger partial charge in [-0.25, -0.2) is 4.39 Å². The van der Waals surface area contributed by atoms with Crippen molar-refractivity contribution in [2.45, 2.75) is 52.5 Å². The summed E-state index contributed by atoms with van der Waals surface area (Å²) in [5, 5.41) is 0. The molecule has 2 nitrogen and oxygen atoms in total. The standard InChI is InChI=1S/C16H26FNO/c1-4-12(5-2)11-19-16-13(10-14(18)6-3)8-7-9-15(16)17/h7-9,12,14H,4-6,10-11,18H2,1-3H3. The first-order valence-corrected chi connectivity index (χ1v) is 7.28. The molecular weight excluding hydrogens is 241 g/mol. The summed E-state index contributed by atoms with van der Waals surface area (Å²) in [5.41, 5.74) is 6.83. The van der Waals surface area contributed by atoms with Gasteiger partial charge >= 0.3 is 0 Å². The number of hydrogen-bond donors (Lipinski definition) is 1. The third-order valence-electron chi connectivity index (χ3n) is 3.67. The summed E-state index contributed by atoms with van der Waals surface area (Å²) in [6, 6.07) is 5.12. The maximum atomic E-state index is 13.9. The predicted molar refractivity (Wildman–Crippen MR) is 77.9 cm³/mol. The van der Waals surface area contributed by atoms with Crippen LogP contribution in [0.4, 0.5) is 4.39 Å². The Bertz CT molecular complexity index is 377. The number of ether oxygens (including phenoxy) is 1. The molecule has 0 saturated carbocycles. The Morgan fingerprint density at radius 3 is 2.42 bits per heavy atom. The number of benzene rings is 1. The lowest BCUT2D eigenvalue weighted by Crippen LogP contribution is -2.22. The van der Waals surface area contributed by atoms with Crippen LogP contribution in [-0.4, -0.2) is 12.6 Å². The highest BCUT2D eigenvalue weighted by atomic mass is 19.1. The first-order chi connectivity index (χ1) is 9.12. The Morgan fingerprint density at radius 2 is 1.84 bits per heavy atom. The molecule has 108 valence electrons. The van der Waals surface area contributed by atoms with Crippen LogP contribution in [0.15, 0.2) is 18.2 Å². The van der Waals surface area contributed by atoms with Crippen LogP contribution in [0.5, 0.6) is 5.75 Å². The Kier molecular flexibility index (Phi) is 6.85. The van der Waals surface area contributed by atoms with Gasteiger partial charge in [0, 0.05) is 6.04 Å². The minimum atomic E-state index is -0.285. The predicted octanol–water partition coefficient (Wildman–Crippen LogP) is 3.92. The number of nitrogens with two attached hydrogens (primary N) is 1. The summed E-state index contributed by atoms with van der Waals surface area (Å²) in [4.78, 5) is 0. The van der Waals surface area contributed by atoms with E-state index in [1.54, 1.807) is 6.07 Å². The third-order valence-corrected chi connectivity index (χ3v) is 3.67. The number of halogens is 1. The van der Waals surface area contributed by atoms with Crippen molar-refractivity contribution in [3.63, 3.8) is 0 Å². The zero-order chi connectivity index (χ0) is 14.3. The molecule has 0 heterocycles. The van der Waals surface area contributed by atoms with Crippen molar-refractivity contribution in [1.29, 1.82) is 0 Å². The van der Waals surface area contributed by atoms with Gasteiger partial charge in [0.2, 0.25) is 0 Å². The molecule has 3 heteroatoms. The highest BCUT2D eigenvalue weighted by molar-refractivity contribution is 5.35. The monoisotopic (exact) mass is 267 g/mol. The van der Waals surface area contributed by atoms with Gasteiger partial charge in [-0.2, -0.15) is 0 Å². The second-order valence-corrected chi connectivity index (χ2v) is 5.09. The van der Waals surface area contributed by atoms with Gasteiger partial charge in [0.1, 0.15) is 0 Å². The minimum absolute atomic E-state index is 0.0531. The zero-order valence-electron chi connectivity index (χ0n) is 12.3. The Labute approximate surface area is 116 Å². The molecule has 2 N–H and O–H groups in total. The number of rotatable bonds is 8. The van der Waals surface area contributed by atoms with E-state index in [1.807, 2.05) is 13.0 Å². The zero-order valence-corrected chi connectivity index (χ0v) is 12.3. The van der Waals surface area contributed by atoms with Crippen molar-refractivity contribution < 1.29 is 9.13 Å². The first kappa shape index (κ1) is 16.0. The van der Waals surface area contributed by atoms with Crippen LogP contribution in [0.3, 0.4) is 0 Å². The van der Waals surface area contributed by atoms with E-state index < -0.39 is 0 Å². The normalized spacial score (nSPS) is 12.7. The Morgan fingerprint density at radius 1 is 1.16 bits per heavy atom. The SMILES string of the molecule is CCC(N)Cc1cccc(F)c1OCC(CC)CC. The van der Waals surface area contributed by atoms with Crippen LogP contribution in [0, 0.1) is 11.7 Å². The van der Waals surface area contributed by atoms with Gasteiger partial charge in [0.05, 0.1) is 6.61 Å². The topological polar surface area (TPSA) is 35.2 Å². The molecule has 0 fully saturated rings. The van der Waals surface area contributed by atoms with Crippen molar-refractivity contribution in [3.05, 3.63) is 29.6 Å². The summed E-state index contributed by atoms with van der Waals surface area (Å²) in [7, 11) is 0. The molecule has 0 aliphatic heterocycles. The number of hydrogen-bond acceptors (Lipinski definition) is 2. The molecule has 1 atom stereocenters. The van der Waals surface area contributed by atoms with E-state index in [-0.39, 0.29) is 11.9 Å². The molecule has 0 aromatic heterocycles. The van der Waals surface area contributed by atoms with Gasteiger partial charge in [0.15, 0.2) is 11.6 Å². The van der Waals surface area contributed by atoms with E-state index in [0.717, 1.165) is 24.8 Å². The molecule has 0 saturated heterocycles. The first-order valence-electron chi connectivity index (χ1n) is 7.28. The van der Waals surface area contributed by atoms with Gasteiger partial charge in [-0.1, -0.05) is 45.7 Å². The molecule has 0 bridgehead atoms. The molecule has 19 heavy (non-hydrogen) atoms. The largest absolute Gasteiger partial charge is 0.490 e. The maximum Gasteiger partial charge on any atom is 0.165 e. The van der Waals surface area contributed by atoms with Crippen LogP contribution in [0.1, 0.15) is 45.6 Å². The molecule has 0 aliphatic rings. The van der Waals surface area contributed by atoms with Crippen molar-refractivity contribution in [1.82, 2.24) is 0 Å². The maximum absolute atomic E-state index is 13.9. The van der Waals surface area contributed by atoms with Crippen LogP contribution in [0.2, 0.25) is 0 Å². The summed E-state index contributed by atoms with van der Waals surface area (Å²) in [6.45, 7) is 6.87. The van der Waals surface area contributed by atoms with Crippen molar-refractivity contribution >= 4 is 0 Å². The van der Waals surface area contributed by atoms with E-state index in [4.69, 9.17) is 10.5 Å². The van der Waals surface area contributed by atoms with E-state index in [9.17, 15) is 4.39 Å². The fourth-order valence-electron chi connectivity index (χ4n) is 2.03. The molecule has 0 amide bonds. The molecule has 0 aliphatic carbocycles. The molecule has 1 aromatic carbocycles. The van der Waals surface area contributed by atoms with Crippen LogP contribution in [0.25, 0.3) is 0 Å². The Hall–Kier alpha value is -1.09. The molecule has 1 rings (SSSR count). The molecule has 1 unspecified atom stereocenters. The third kappa shape index (κ3) is 4.83. The average molecular weight is 267 g/mol. The lowest BCUT2D eigenvalue weighted by atomic mass is 10.0. The summed E-state index contributed by atoms with van der Waals surface area (Å²) in [6.07, 6.45) is 3.64. The highest BCUT2D eigenvalue weighted by Gasteiger charge is 2.14. The molecule has 1 aromatic rings. The van der Waals surface area contributed by atoms with Crippen molar-refractivity contribution in [2.75, 3.05) is 6.61 Å². The van der Waals surface area contributed by atoms with Crippen LogP contribution < -0.4 is 10.5 Å². The lowest BCUT2D eigenvalue weighted by molar-refractivity contribution is 0.229. The van der Waals surface area contributed by atoms with Gasteiger partial charge in [-0.15, -0.1) is 0 Å². The summed E-state index contributed by atoms with van der Waals surface area (Å²) in [5.74, 6) is 0.581. The smallest absolute Gasteiger partial charge is 0.165 e. The van der Waals surface area contributed by atoms with Crippen LogP contribution in [-0.2, 0) is 6.42 Å². The molecule has 0 spiro atoms. The van der Waals surface area contributed by atoms with Gasteiger partial charge in [-0.3, -0.25) is 0 Å². The van der Waals surface area contributed by atoms with Crippen LogP contribution >= 0.6 is 0 Å². The van der Waals surface area contributed by atoms with Gasteiger partial charge in [-0.05, 0) is 30.4 Å². The van der Waals surface area contributed by atoms with E-state index in [1.165, 1.54) is 6.07 Å². The lowest BCUT2D eigenvalue weighted by Gasteiger charge is -2.18. The van der Waals surface area contributed by atoms with Crippen molar-refractivity contribution in [2.24, 2.45) is 11.7 Å². The van der Waals surface area contributed by atoms with E-state index in [0.29, 0.717) is 24.7 Å². The van der Waals surface area contributed by atoms with E-state index >= 15 is 0 Å². The van der Waals surface area contributed by atoms with Gasteiger partial charge in [0.25, 0.3) is 0 Å². The summed E-state index contributed by atoms with van der Waals surface area (Å²) >= 11 is 0. The number of para-hydroxylation sites is 1. The van der Waals surface area contributed by atoms with Gasteiger partial charge < -0.3 is 10.5 Å². The second kappa shape index (κ2) is 8.16. The second-order valence-electron chi connectivity index (χ2n) is 5.09. The van der Waals surface area contributed by atoms with E-state index in [2.05, 4.69) is 13.8 Å². The average Bonchev–Trinajstić information content (AvgIpc) is 2.42. The summed E-state index contributed by atoms with van der Waals surface area (Å²) < 4.78 is 19.6. The fourth-order valence-corrected chi connectivity index (χ4v) is 2.03.